The Labute approximate surface area is 192 Å². The van der Waals surface area contributed by atoms with Crippen molar-refractivity contribution in [2.75, 3.05) is 26.5 Å². The molecule has 4 aromatic rings. The number of fused-ring (bicyclic) bond motifs is 1. The molecule has 0 aliphatic heterocycles. The first-order valence-electron chi connectivity index (χ1n) is 10.5. The molecule has 0 saturated carbocycles. The van der Waals surface area contributed by atoms with E-state index in [9.17, 15) is 8.42 Å². The molecule has 2 heterocycles. The Morgan fingerprint density at radius 3 is 2.39 bits per heavy atom. The van der Waals surface area contributed by atoms with Crippen LogP contribution in [0.4, 0.5) is 0 Å². The van der Waals surface area contributed by atoms with Crippen LogP contribution in [0, 0.1) is 6.92 Å². The van der Waals surface area contributed by atoms with Gasteiger partial charge in [0, 0.05) is 17.4 Å². The quantitative estimate of drug-likeness (QED) is 0.396. The van der Waals surface area contributed by atoms with E-state index in [0.717, 1.165) is 34.6 Å². The molecule has 33 heavy (non-hydrogen) atoms. The van der Waals surface area contributed by atoms with Crippen LogP contribution in [0.2, 0.25) is 0 Å². The van der Waals surface area contributed by atoms with E-state index in [-0.39, 0.29) is 4.90 Å². The first-order chi connectivity index (χ1) is 15.8. The van der Waals surface area contributed by atoms with Crippen LogP contribution in [0.5, 0.6) is 11.5 Å². The van der Waals surface area contributed by atoms with Gasteiger partial charge in [0.2, 0.25) is 0 Å². The summed E-state index contributed by atoms with van der Waals surface area (Å²) in [5.74, 6) is 1.27. The van der Waals surface area contributed by atoms with Crippen molar-refractivity contribution in [3.05, 3.63) is 60.3 Å². The number of aromatic nitrogens is 3. The first-order valence-corrected chi connectivity index (χ1v) is 12.4. The summed E-state index contributed by atoms with van der Waals surface area (Å²) in [6, 6.07) is 16.2. The number of methoxy groups -OCH3 is 1. The van der Waals surface area contributed by atoms with Crippen LogP contribution in [0.1, 0.15) is 12.1 Å². The van der Waals surface area contributed by atoms with E-state index in [1.54, 1.807) is 35.9 Å². The molecular weight excluding hydrogens is 440 g/mol. The maximum absolute atomic E-state index is 11.8. The molecule has 2 N–H and O–H groups in total. The van der Waals surface area contributed by atoms with Gasteiger partial charge in [-0.25, -0.2) is 17.9 Å². The van der Waals surface area contributed by atoms with E-state index in [1.165, 1.54) is 6.26 Å². The van der Waals surface area contributed by atoms with Gasteiger partial charge in [0.05, 0.1) is 35.7 Å². The molecule has 0 aliphatic carbocycles. The molecule has 2 aromatic heterocycles. The maximum atomic E-state index is 11.8. The van der Waals surface area contributed by atoms with Gasteiger partial charge in [-0.3, -0.25) is 0 Å². The Kier molecular flexibility index (Phi) is 6.35. The van der Waals surface area contributed by atoms with Crippen LogP contribution in [0.15, 0.2) is 59.5 Å². The van der Waals surface area contributed by atoms with Gasteiger partial charge in [-0.15, -0.1) is 0 Å². The van der Waals surface area contributed by atoms with Gasteiger partial charge in [-0.2, -0.15) is 5.10 Å². The maximum Gasteiger partial charge on any atom is 0.175 e. The third kappa shape index (κ3) is 4.69. The molecule has 0 radical (unpaired) electrons. The standard InChI is InChI=1S/C24H26N4O4S/c1-16-24(17-5-8-19(9-6-17)33(3,29)30)28-23(26-16)12-10-20(27-28)18-7-11-21(22(15-18)31-2)32-14-4-13-25/h5-12,15H,4,13-14,25H2,1-3H3. The normalized spacial score (nSPS) is 11.6. The van der Waals surface area contributed by atoms with Crippen LogP contribution >= 0.6 is 0 Å². The Hall–Kier alpha value is -3.43. The van der Waals surface area contributed by atoms with Gasteiger partial charge in [0.15, 0.2) is 27.0 Å². The molecule has 0 atom stereocenters. The SMILES string of the molecule is COc1cc(-c2ccc3nc(C)c(-c4ccc(S(C)(=O)=O)cc4)n3n2)ccc1OCCCN. The van der Waals surface area contributed by atoms with Crippen molar-refractivity contribution in [2.45, 2.75) is 18.2 Å². The van der Waals surface area contributed by atoms with Crippen molar-refractivity contribution in [1.29, 1.82) is 0 Å². The summed E-state index contributed by atoms with van der Waals surface area (Å²) in [4.78, 5) is 4.88. The number of hydrogen-bond donors (Lipinski definition) is 1. The lowest BCUT2D eigenvalue weighted by molar-refractivity contribution is 0.291. The highest BCUT2D eigenvalue weighted by atomic mass is 32.2. The summed E-state index contributed by atoms with van der Waals surface area (Å²) in [5.41, 5.74) is 10.3. The molecule has 0 amide bonds. The predicted molar refractivity (Wildman–Crippen MR) is 127 cm³/mol. The second kappa shape index (κ2) is 9.21. The van der Waals surface area contributed by atoms with Gasteiger partial charge in [-0.1, -0.05) is 12.1 Å². The fourth-order valence-corrected chi connectivity index (χ4v) is 4.23. The molecule has 0 bridgehead atoms. The number of sulfone groups is 1. The summed E-state index contributed by atoms with van der Waals surface area (Å²) >= 11 is 0. The summed E-state index contributed by atoms with van der Waals surface area (Å²) in [6.45, 7) is 2.99. The van der Waals surface area contributed by atoms with E-state index in [0.29, 0.717) is 30.3 Å². The topological polar surface area (TPSA) is 109 Å². The summed E-state index contributed by atoms with van der Waals surface area (Å²) in [7, 11) is -1.67. The zero-order valence-corrected chi connectivity index (χ0v) is 19.6. The number of nitrogens with two attached hydrogens (primary N) is 1. The van der Waals surface area contributed by atoms with Gasteiger partial charge in [-0.05, 0) is 62.4 Å². The zero-order valence-electron chi connectivity index (χ0n) is 18.8. The predicted octanol–water partition coefficient (Wildman–Crippen LogP) is 3.51. The third-order valence-corrected chi connectivity index (χ3v) is 6.40. The van der Waals surface area contributed by atoms with Crippen LogP contribution < -0.4 is 15.2 Å². The molecule has 8 nitrogen and oxygen atoms in total. The number of hydrogen-bond acceptors (Lipinski definition) is 7. The van der Waals surface area contributed by atoms with E-state index < -0.39 is 9.84 Å². The van der Waals surface area contributed by atoms with Crippen LogP contribution in [-0.2, 0) is 9.84 Å². The lowest BCUT2D eigenvalue weighted by atomic mass is 10.1. The second-order valence-electron chi connectivity index (χ2n) is 7.69. The van der Waals surface area contributed by atoms with Gasteiger partial charge >= 0.3 is 0 Å². The largest absolute Gasteiger partial charge is 0.493 e. The van der Waals surface area contributed by atoms with Crippen molar-refractivity contribution in [2.24, 2.45) is 5.73 Å². The number of nitrogens with zero attached hydrogens (tertiary/aromatic N) is 3. The Morgan fingerprint density at radius 1 is 1.00 bits per heavy atom. The van der Waals surface area contributed by atoms with Crippen molar-refractivity contribution in [1.82, 2.24) is 14.6 Å². The second-order valence-corrected chi connectivity index (χ2v) is 9.70. The molecule has 0 spiro atoms. The van der Waals surface area contributed by atoms with E-state index in [1.807, 2.05) is 37.3 Å². The van der Waals surface area contributed by atoms with Gasteiger partial charge in [0.25, 0.3) is 0 Å². The van der Waals surface area contributed by atoms with Crippen LogP contribution in [-0.4, -0.2) is 49.5 Å². The lowest BCUT2D eigenvalue weighted by Crippen LogP contribution is -2.06. The Bertz CT molecular complexity index is 1400. The van der Waals surface area contributed by atoms with Crippen molar-refractivity contribution < 1.29 is 17.9 Å². The molecule has 172 valence electrons. The monoisotopic (exact) mass is 466 g/mol. The van der Waals surface area contributed by atoms with Crippen molar-refractivity contribution >= 4 is 15.5 Å². The summed E-state index contributed by atoms with van der Waals surface area (Å²) in [5, 5.41) is 4.82. The Balaban J connectivity index is 1.74. The van der Waals surface area contributed by atoms with Gasteiger partial charge < -0.3 is 15.2 Å². The molecular formula is C24H26N4O4S. The average Bonchev–Trinajstić information content (AvgIpc) is 3.13. The van der Waals surface area contributed by atoms with Crippen LogP contribution in [0.3, 0.4) is 0 Å². The molecule has 4 rings (SSSR count). The fraction of sp³-hybridized carbons (Fsp3) is 0.250. The number of aryl methyl sites for hydroxylation is 1. The number of benzene rings is 2. The highest BCUT2D eigenvalue weighted by Gasteiger charge is 2.16. The van der Waals surface area contributed by atoms with Gasteiger partial charge in [0.1, 0.15) is 0 Å². The van der Waals surface area contributed by atoms with E-state index >= 15 is 0 Å². The average molecular weight is 467 g/mol. The third-order valence-electron chi connectivity index (χ3n) is 5.27. The smallest absolute Gasteiger partial charge is 0.175 e. The van der Waals surface area contributed by atoms with E-state index in [4.69, 9.17) is 20.3 Å². The zero-order chi connectivity index (χ0) is 23.6. The minimum Gasteiger partial charge on any atom is -0.493 e. The number of ether oxygens (including phenoxy) is 2. The van der Waals surface area contributed by atoms with Crippen LogP contribution in [0.25, 0.3) is 28.2 Å². The molecule has 0 aliphatic rings. The fourth-order valence-electron chi connectivity index (χ4n) is 3.60. The lowest BCUT2D eigenvalue weighted by Gasteiger charge is -2.12. The highest BCUT2D eigenvalue weighted by Crippen LogP contribution is 2.33. The molecule has 0 fully saturated rings. The van der Waals surface area contributed by atoms with E-state index in [2.05, 4.69) is 4.98 Å². The summed E-state index contributed by atoms with van der Waals surface area (Å²) in [6.07, 6.45) is 1.95. The summed E-state index contributed by atoms with van der Waals surface area (Å²) < 4.78 is 36.7. The number of rotatable bonds is 8. The number of imidazole rings is 1. The highest BCUT2D eigenvalue weighted by molar-refractivity contribution is 7.90. The molecule has 0 unspecified atom stereocenters. The minimum absolute atomic E-state index is 0.271. The molecule has 2 aromatic carbocycles. The minimum atomic E-state index is -3.27. The van der Waals surface area contributed by atoms with Crippen molar-refractivity contribution in [3.8, 4) is 34.0 Å². The Morgan fingerprint density at radius 2 is 1.73 bits per heavy atom. The molecule has 0 saturated heterocycles. The first kappa shape index (κ1) is 22.8. The molecule has 9 heteroatoms. The van der Waals surface area contributed by atoms with Crippen molar-refractivity contribution in [3.63, 3.8) is 0 Å².